The highest BCUT2D eigenvalue weighted by atomic mass is 16.6. The van der Waals surface area contributed by atoms with Crippen molar-refractivity contribution in [3.05, 3.63) is 59.5 Å². The molecule has 0 amide bonds. The van der Waals surface area contributed by atoms with E-state index in [2.05, 4.69) is 38.4 Å². The van der Waals surface area contributed by atoms with Crippen LogP contribution in [0.1, 0.15) is 31.1 Å². The number of rotatable bonds is 10. The molecule has 10 nitrogen and oxygen atoms in total. The van der Waals surface area contributed by atoms with Crippen molar-refractivity contribution in [3.63, 3.8) is 0 Å². The zero-order valence-corrected chi connectivity index (χ0v) is 17.3. The van der Waals surface area contributed by atoms with Crippen molar-refractivity contribution < 1.29 is 9.68 Å². The van der Waals surface area contributed by atoms with Crippen LogP contribution < -0.4 is 17.2 Å². The summed E-state index contributed by atoms with van der Waals surface area (Å²) in [5.41, 5.74) is 20.8. The lowest BCUT2D eigenvalue weighted by Crippen LogP contribution is -2.19. The van der Waals surface area contributed by atoms with E-state index in [4.69, 9.17) is 26.9 Å². The SMILES string of the molecule is C=C(CO/N=C(\N)C(=C)/N=C(C)\C=C(\C)N)CO/N=C(\N)c1nc(C)cc(C)n1. The number of allylic oxidation sites excluding steroid dienone is 2. The minimum absolute atomic E-state index is 0.0374. The summed E-state index contributed by atoms with van der Waals surface area (Å²) in [6.45, 7) is 14.9. The topological polar surface area (TPSA) is 159 Å². The Labute approximate surface area is 170 Å². The molecular formula is C19H28N8O2. The molecule has 1 aromatic heterocycles. The Morgan fingerprint density at radius 1 is 1.03 bits per heavy atom. The molecule has 156 valence electrons. The fraction of sp³-hybridized carbons (Fsp3) is 0.316. The van der Waals surface area contributed by atoms with E-state index in [1.54, 1.807) is 19.9 Å². The predicted molar refractivity (Wildman–Crippen MR) is 115 cm³/mol. The van der Waals surface area contributed by atoms with E-state index in [0.29, 0.717) is 22.8 Å². The predicted octanol–water partition coefficient (Wildman–Crippen LogP) is 1.41. The minimum Gasteiger partial charge on any atom is -0.402 e. The molecule has 0 aliphatic heterocycles. The molecule has 0 aromatic carbocycles. The zero-order valence-electron chi connectivity index (χ0n) is 17.3. The number of aryl methyl sites for hydroxylation is 2. The van der Waals surface area contributed by atoms with Crippen LogP contribution in [0.25, 0.3) is 0 Å². The smallest absolute Gasteiger partial charge is 0.208 e. The Balaban J connectivity index is 2.50. The van der Waals surface area contributed by atoms with Gasteiger partial charge in [0.25, 0.3) is 0 Å². The number of hydrogen-bond acceptors (Lipinski definition) is 8. The zero-order chi connectivity index (χ0) is 22.0. The molecule has 10 heteroatoms. The van der Waals surface area contributed by atoms with Crippen molar-refractivity contribution in [2.75, 3.05) is 13.2 Å². The van der Waals surface area contributed by atoms with Gasteiger partial charge in [0.1, 0.15) is 18.9 Å². The van der Waals surface area contributed by atoms with Gasteiger partial charge in [-0.05, 0) is 39.8 Å². The third-order valence-corrected chi connectivity index (χ3v) is 3.12. The molecular weight excluding hydrogens is 372 g/mol. The fourth-order valence-corrected chi connectivity index (χ4v) is 1.99. The second-order valence-electron chi connectivity index (χ2n) is 6.31. The Kier molecular flexibility index (Phi) is 9.03. The van der Waals surface area contributed by atoms with Gasteiger partial charge in [0.15, 0.2) is 11.7 Å². The number of aromatic nitrogens is 2. The lowest BCUT2D eigenvalue weighted by atomic mass is 10.3. The lowest BCUT2D eigenvalue weighted by Gasteiger charge is -2.06. The van der Waals surface area contributed by atoms with E-state index >= 15 is 0 Å². The van der Waals surface area contributed by atoms with Gasteiger partial charge in [-0.3, -0.25) is 4.99 Å². The maximum absolute atomic E-state index is 5.83. The third kappa shape index (κ3) is 9.18. The first-order valence-electron chi connectivity index (χ1n) is 8.67. The summed E-state index contributed by atoms with van der Waals surface area (Å²) in [6.07, 6.45) is 1.69. The highest BCUT2D eigenvalue weighted by molar-refractivity contribution is 6.01. The van der Waals surface area contributed by atoms with Crippen molar-refractivity contribution in [3.8, 4) is 0 Å². The largest absolute Gasteiger partial charge is 0.402 e. The second-order valence-corrected chi connectivity index (χ2v) is 6.31. The monoisotopic (exact) mass is 400 g/mol. The molecule has 0 spiro atoms. The summed E-state index contributed by atoms with van der Waals surface area (Å²) in [7, 11) is 0. The number of amidine groups is 2. The van der Waals surface area contributed by atoms with Gasteiger partial charge in [-0.15, -0.1) is 0 Å². The number of hydrogen-bond donors (Lipinski definition) is 3. The minimum atomic E-state index is 0.0374. The maximum Gasteiger partial charge on any atom is 0.208 e. The van der Waals surface area contributed by atoms with Crippen LogP contribution in [0.15, 0.2) is 57.6 Å². The van der Waals surface area contributed by atoms with Crippen LogP contribution in [0.5, 0.6) is 0 Å². The molecule has 1 rings (SSSR count). The molecule has 0 aliphatic carbocycles. The Bertz CT molecular complexity index is 860. The van der Waals surface area contributed by atoms with Gasteiger partial charge in [0.05, 0.1) is 0 Å². The molecule has 0 saturated heterocycles. The van der Waals surface area contributed by atoms with Gasteiger partial charge in [0, 0.05) is 28.4 Å². The van der Waals surface area contributed by atoms with Gasteiger partial charge in [-0.1, -0.05) is 23.5 Å². The first kappa shape index (κ1) is 23.3. The van der Waals surface area contributed by atoms with E-state index < -0.39 is 0 Å². The van der Waals surface area contributed by atoms with E-state index in [1.807, 2.05) is 19.9 Å². The standard InChI is InChI=1S/C19H28N8O2/c1-11(9-28-26-17(21)16(6)23-13(3)7-12(2)20)10-29-27-18(22)19-24-14(4)8-15(5)25-19/h7-8H,1,6,9-10,20H2,2-5H3,(H2,21,26)(H2,22,27)/b12-7-,23-13-. The van der Waals surface area contributed by atoms with Gasteiger partial charge in [-0.2, -0.15) is 0 Å². The van der Waals surface area contributed by atoms with Crippen molar-refractivity contribution in [2.24, 2.45) is 32.5 Å². The van der Waals surface area contributed by atoms with Crippen LogP contribution in [0.2, 0.25) is 0 Å². The third-order valence-electron chi connectivity index (χ3n) is 3.12. The average molecular weight is 400 g/mol. The van der Waals surface area contributed by atoms with E-state index in [-0.39, 0.29) is 30.6 Å². The number of oxime groups is 2. The first-order valence-corrected chi connectivity index (χ1v) is 8.67. The first-order chi connectivity index (χ1) is 13.6. The molecule has 0 bridgehead atoms. The van der Waals surface area contributed by atoms with Crippen LogP contribution in [-0.4, -0.2) is 40.6 Å². The second kappa shape index (κ2) is 11.2. The average Bonchev–Trinajstić information content (AvgIpc) is 2.59. The summed E-state index contributed by atoms with van der Waals surface area (Å²) in [4.78, 5) is 22.8. The Hall–Kier alpha value is -3.69. The maximum atomic E-state index is 5.83. The van der Waals surface area contributed by atoms with Gasteiger partial charge in [0.2, 0.25) is 5.84 Å². The van der Waals surface area contributed by atoms with Gasteiger partial charge < -0.3 is 26.9 Å². The molecule has 0 atom stereocenters. The molecule has 0 aliphatic rings. The molecule has 0 radical (unpaired) electrons. The summed E-state index contributed by atoms with van der Waals surface area (Å²) < 4.78 is 0. The quantitative estimate of drug-likeness (QED) is 0.232. The summed E-state index contributed by atoms with van der Waals surface area (Å²) in [5.74, 6) is 0.408. The molecule has 6 N–H and O–H groups in total. The molecule has 1 aromatic rings. The van der Waals surface area contributed by atoms with Crippen molar-refractivity contribution >= 4 is 17.4 Å². The molecule has 0 unspecified atom stereocenters. The highest BCUT2D eigenvalue weighted by Gasteiger charge is 2.06. The summed E-state index contributed by atoms with van der Waals surface area (Å²) in [5, 5.41) is 7.53. The number of nitrogens with two attached hydrogens (primary N) is 3. The Morgan fingerprint density at radius 2 is 1.59 bits per heavy atom. The lowest BCUT2D eigenvalue weighted by molar-refractivity contribution is 0.128. The molecule has 1 heterocycles. The highest BCUT2D eigenvalue weighted by Crippen LogP contribution is 2.01. The van der Waals surface area contributed by atoms with Crippen LogP contribution in [0.4, 0.5) is 0 Å². The van der Waals surface area contributed by atoms with Crippen LogP contribution >= 0.6 is 0 Å². The van der Waals surface area contributed by atoms with Crippen molar-refractivity contribution in [1.29, 1.82) is 0 Å². The van der Waals surface area contributed by atoms with Crippen LogP contribution in [0.3, 0.4) is 0 Å². The number of nitrogens with zero attached hydrogens (tertiary/aromatic N) is 5. The summed E-state index contributed by atoms with van der Waals surface area (Å²) in [6, 6.07) is 1.83. The summed E-state index contributed by atoms with van der Waals surface area (Å²) >= 11 is 0. The normalized spacial score (nSPS) is 13.2. The van der Waals surface area contributed by atoms with Crippen molar-refractivity contribution in [1.82, 2.24) is 9.97 Å². The van der Waals surface area contributed by atoms with E-state index in [9.17, 15) is 0 Å². The fourth-order valence-electron chi connectivity index (χ4n) is 1.99. The van der Waals surface area contributed by atoms with Crippen LogP contribution in [-0.2, 0) is 9.68 Å². The van der Waals surface area contributed by atoms with E-state index in [0.717, 1.165) is 11.4 Å². The Morgan fingerprint density at radius 3 is 2.14 bits per heavy atom. The van der Waals surface area contributed by atoms with Crippen LogP contribution in [0, 0.1) is 13.8 Å². The molecule has 29 heavy (non-hydrogen) atoms. The van der Waals surface area contributed by atoms with E-state index in [1.165, 1.54) is 0 Å². The molecule has 0 saturated carbocycles. The number of aliphatic imine (C=N–C) groups is 1. The van der Waals surface area contributed by atoms with Gasteiger partial charge in [-0.25, -0.2) is 9.97 Å². The molecule has 0 fully saturated rings. The van der Waals surface area contributed by atoms with Gasteiger partial charge >= 0.3 is 0 Å². The van der Waals surface area contributed by atoms with Crippen molar-refractivity contribution in [2.45, 2.75) is 27.7 Å².